The topological polar surface area (TPSA) is 94.4 Å². The molecule has 3 heterocycles. The Morgan fingerprint density at radius 3 is 2.37 bits per heavy atom. The van der Waals surface area contributed by atoms with Gasteiger partial charge in [0.2, 0.25) is 5.91 Å². The van der Waals surface area contributed by atoms with E-state index < -0.39 is 32.8 Å². The number of fused-ring (bicyclic) bond motifs is 1. The van der Waals surface area contributed by atoms with Gasteiger partial charge in [0.25, 0.3) is 0 Å². The number of benzene rings is 2. The van der Waals surface area contributed by atoms with Gasteiger partial charge in [0, 0.05) is 12.1 Å². The number of aryl methyl sites for hydroxylation is 1. The van der Waals surface area contributed by atoms with Crippen LogP contribution in [-0.2, 0) is 32.2 Å². The molecule has 35 heavy (non-hydrogen) atoms. The van der Waals surface area contributed by atoms with Gasteiger partial charge in [-0.05, 0) is 17.2 Å². The van der Waals surface area contributed by atoms with Crippen LogP contribution in [0.3, 0.4) is 0 Å². The first-order valence-corrected chi connectivity index (χ1v) is 14.2. The largest absolute Gasteiger partial charge is 0.448 e. The van der Waals surface area contributed by atoms with Gasteiger partial charge in [0.15, 0.2) is 11.3 Å². The predicted octanol–water partition coefficient (Wildman–Crippen LogP) is 3.46. The molecule has 0 aliphatic carbocycles. The molecule has 1 aromatic heterocycles. The van der Waals surface area contributed by atoms with Crippen LogP contribution in [0.5, 0.6) is 0 Å². The zero-order valence-corrected chi connectivity index (χ0v) is 21.2. The van der Waals surface area contributed by atoms with Crippen LogP contribution in [0.25, 0.3) is 0 Å². The predicted molar refractivity (Wildman–Crippen MR) is 135 cm³/mol. The summed E-state index contributed by atoms with van der Waals surface area (Å²) in [5, 5.41) is 4.85. The van der Waals surface area contributed by atoms with Crippen molar-refractivity contribution in [3.8, 4) is 0 Å². The number of thioether (sulfide) groups is 2. The van der Waals surface area contributed by atoms with Crippen LogP contribution >= 0.6 is 23.5 Å². The van der Waals surface area contributed by atoms with Gasteiger partial charge in [0.1, 0.15) is 22.0 Å². The second-order valence-electron chi connectivity index (χ2n) is 7.87. The average molecular weight is 527 g/mol. The summed E-state index contributed by atoms with van der Waals surface area (Å²) in [6.07, 6.45) is 2.62. The van der Waals surface area contributed by atoms with Gasteiger partial charge in [0.05, 0.1) is 17.2 Å². The Balaban J connectivity index is 1.38. The highest BCUT2D eigenvalue weighted by molar-refractivity contribution is 8.20. The van der Waals surface area contributed by atoms with E-state index in [1.807, 2.05) is 60.7 Å². The maximum atomic E-state index is 13.4. The van der Waals surface area contributed by atoms with Crippen LogP contribution < -0.4 is 0 Å². The molecule has 3 atom stereocenters. The quantitative estimate of drug-likeness (QED) is 0.191. The number of ether oxygens (including phenoxy) is 1. The molecule has 0 spiro atoms. The average Bonchev–Trinajstić information content (AvgIpc) is 3.29. The number of rotatable bonds is 8. The standard InChI is InChI=1S/C24H22N4O4S3/c1-27-24(25-14-26-27)34-15-33-21-12-18(28-19(29)13-20(28)35(21)31)23(30)32-22(16-8-4-2-5-9-16)17-10-6-3-7-11-17/h2-12,14,20-22H,13,15H2,1H3/t20-,21?,35?/m1/s1. The Morgan fingerprint density at radius 2 is 1.80 bits per heavy atom. The summed E-state index contributed by atoms with van der Waals surface area (Å²) in [5.74, 6) is -0.830. The normalized spacial score (nSPS) is 21.3. The molecule has 1 saturated heterocycles. The van der Waals surface area contributed by atoms with Crippen LogP contribution in [0.4, 0.5) is 0 Å². The molecule has 2 aliphatic rings. The number of aromatic nitrogens is 3. The lowest BCUT2D eigenvalue weighted by Crippen LogP contribution is -2.59. The Kier molecular flexibility index (Phi) is 7.07. The van der Waals surface area contributed by atoms with E-state index in [0.717, 1.165) is 16.3 Å². The first-order chi connectivity index (χ1) is 17.0. The molecule has 1 amide bonds. The second kappa shape index (κ2) is 10.4. The summed E-state index contributed by atoms with van der Waals surface area (Å²) in [7, 11) is 0.472. The Morgan fingerprint density at radius 1 is 1.14 bits per heavy atom. The third-order valence-corrected chi connectivity index (χ3v) is 10.3. The zero-order chi connectivity index (χ0) is 24.4. The van der Waals surface area contributed by atoms with Crippen LogP contribution in [0.2, 0.25) is 0 Å². The van der Waals surface area contributed by atoms with Crippen molar-refractivity contribution < 1.29 is 18.5 Å². The lowest BCUT2D eigenvalue weighted by molar-refractivity contribution is -0.151. The van der Waals surface area contributed by atoms with Gasteiger partial charge >= 0.3 is 5.97 Å². The molecular formula is C24H22N4O4S3. The van der Waals surface area contributed by atoms with E-state index in [-0.39, 0.29) is 18.0 Å². The van der Waals surface area contributed by atoms with E-state index in [9.17, 15) is 13.8 Å². The molecule has 1 fully saturated rings. The Hall–Kier alpha value is -2.89. The summed E-state index contributed by atoms with van der Waals surface area (Å²) in [6.45, 7) is 0. The van der Waals surface area contributed by atoms with Crippen molar-refractivity contribution in [3.05, 3.63) is 89.9 Å². The Bertz CT molecular complexity index is 1240. The molecule has 0 bridgehead atoms. The minimum absolute atomic E-state index is 0.156. The summed E-state index contributed by atoms with van der Waals surface area (Å²) in [4.78, 5) is 31.3. The number of carbonyl (C=O) groups is 2. The fourth-order valence-corrected chi connectivity index (χ4v) is 8.45. The van der Waals surface area contributed by atoms with E-state index in [1.54, 1.807) is 17.8 Å². The van der Waals surface area contributed by atoms with Gasteiger partial charge in [-0.3, -0.25) is 13.9 Å². The molecular weight excluding hydrogens is 504 g/mol. The maximum absolute atomic E-state index is 13.4. The molecule has 0 saturated carbocycles. The molecule has 2 aliphatic heterocycles. The van der Waals surface area contributed by atoms with Crippen molar-refractivity contribution in [2.45, 2.75) is 27.6 Å². The van der Waals surface area contributed by atoms with Crippen molar-refractivity contribution in [1.82, 2.24) is 19.7 Å². The molecule has 0 radical (unpaired) electrons. The number of hydrogen-bond acceptors (Lipinski definition) is 8. The molecule has 2 aromatic carbocycles. The number of nitrogens with zero attached hydrogens (tertiary/aromatic N) is 4. The van der Waals surface area contributed by atoms with Crippen molar-refractivity contribution in [2.75, 3.05) is 5.08 Å². The van der Waals surface area contributed by atoms with Crippen molar-refractivity contribution in [3.63, 3.8) is 0 Å². The fourth-order valence-electron chi connectivity index (χ4n) is 3.90. The number of β-lactam (4-membered cyclic amide) rings is 1. The van der Waals surface area contributed by atoms with E-state index in [2.05, 4.69) is 10.1 Å². The summed E-state index contributed by atoms with van der Waals surface area (Å²) >= 11 is 2.92. The Labute approximate surface area is 213 Å². The molecule has 2 unspecified atom stereocenters. The molecule has 0 N–H and O–H groups in total. The molecule has 3 aromatic rings. The minimum atomic E-state index is -1.33. The first-order valence-electron chi connectivity index (χ1n) is 10.9. The summed E-state index contributed by atoms with van der Waals surface area (Å²) in [5.41, 5.74) is 1.80. The smallest absolute Gasteiger partial charge is 0.355 e. The van der Waals surface area contributed by atoms with Crippen molar-refractivity contribution in [2.24, 2.45) is 7.05 Å². The minimum Gasteiger partial charge on any atom is -0.448 e. The van der Waals surface area contributed by atoms with Gasteiger partial charge in [-0.1, -0.05) is 72.4 Å². The monoisotopic (exact) mass is 526 g/mol. The number of carbonyl (C=O) groups excluding carboxylic acids is 2. The van der Waals surface area contributed by atoms with Crippen LogP contribution in [0, 0.1) is 0 Å². The molecule has 11 heteroatoms. The SMILES string of the molecule is Cn1ncnc1SCSC1C=C(C(=O)OC(c2ccccc2)c2ccccc2)N2C(=O)C[C@H]2S1=O. The lowest BCUT2D eigenvalue weighted by Gasteiger charge is -2.44. The van der Waals surface area contributed by atoms with E-state index in [1.165, 1.54) is 34.8 Å². The highest BCUT2D eigenvalue weighted by Crippen LogP contribution is 2.40. The zero-order valence-electron chi connectivity index (χ0n) is 18.7. The molecule has 5 rings (SSSR count). The highest BCUT2D eigenvalue weighted by atomic mass is 32.2. The molecule has 180 valence electrons. The molecule has 8 nitrogen and oxygen atoms in total. The first kappa shape index (κ1) is 23.8. The second-order valence-corrected chi connectivity index (χ2v) is 12.3. The maximum Gasteiger partial charge on any atom is 0.355 e. The van der Waals surface area contributed by atoms with Gasteiger partial charge < -0.3 is 4.74 Å². The third-order valence-electron chi connectivity index (χ3n) is 5.69. The summed E-state index contributed by atoms with van der Waals surface area (Å²) in [6, 6.07) is 18.9. The third kappa shape index (κ3) is 4.93. The van der Waals surface area contributed by atoms with Crippen LogP contribution in [0.15, 0.2) is 83.9 Å². The number of esters is 1. The van der Waals surface area contributed by atoms with Crippen LogP contribution in [0.1, 0.15) is 23.7 Å². The van der Waals surface area contributed by atoms with Gasteiger partial charge in [-0.25, -0.2) is 14.5 Å². The van der Waals surface area contributed by atoms with E-state index >= 15 is 0 Å². The summed E-state index contributed by atoms with van der Waals surface area (Å²) < 4.78 is 20.3. The lowest BCUT2D eigenvalue weighted by atomic mass is 10.0. The van der Waals surface area contributed by atoms with Gasteiger partial charge in [-0.15, -0.1) is 11.8 Å². The number of amides is 1. The van der Waals surface area contributed by atoms with Crippen LogP contribution in [-0.4, -0.2) is 50.8 Å². The number of hydrogen-bond donors (Lipinski definition) is 0. The fraction of sp³-hybridized carbons (Fsp3) is 0.250. The highest BCUT2D eigenvalue weighted by Gasteiger charge is 2.50. The van der Waals surface area contributed by atoms with Gasteiger partial charge in [-0.2, -0.15) is 5.10 Å². The van der Waals surface area contributed by atoms with E-state index in [4.69, 9.17) is 4.74 Å². The van der Waals surface area contributed by atoms with Crippen molar-refractivity contribution >= 4 is 46.2 Å². The van der Waals surface area contributed by atoms with Crippen molar-refractivity contribution in [1.29, 1.82) is 0 Å². The van der Waals surface area contributed by atoms with E-state index in [0.29, 0.717) is 5.08 Å².